The third-order valence-electron chi connectivity index (χ3n) is 3.82. The van der Waals surface area contributed by atoms with E-state index in [1.807, 2.05) is 24.4 Å². The van der Waals surface area contributed by atoms with Crippen LogP contribution in [0, 0.1) is 12.7 Å². The topological polar surface area (TPSA) is 68.3 Å². The molecule has 1 aromatic carbocycles. The van der Waals surface area contributed by atoms with Crippen LogP contribution in [-0.4, -0.2) is 23.5 Å². The first-order valence-electron chi connectivity index (χ1n) is 8.21. The highest BCUT2D eigenvalue weighted by Gasteiger charge is 2.19. The molecule has 0 fully saturated rings. The normalized spacial score (nSPS) is 11.6. The Labute approximate surface area is 159 Å². The molecule has 2 aromatic heterocycles. The summed E-state index contributed by atoms with van der Waals surface area (Å²) in [4.78, 5) is 29.2. The number of aromatic nitrogens is 1. The molecular formula is C20H17FN2O3S. The van der Waals surface area contributed by atoms with Gasteiger partial charge in [0.05, 0.1) is 11.6 Å². The highest BCUT2D eigenvalue weighted by atomic mass is 32.1. The van der Waals surface area contributed by atoms with Crippen molar-refractivity contribution in [1.82, 2.24) is 10.3 Å². The Balaban J connectivity index is 1.65. The first-order valence-corrected chi connectivity index (χ1v) is 9.09. The molecule has 3 aromatic rings. The first kappa shape index (κ1) is 18.7. The Morgan fingerprint density at radius 1 is 1.19 bits per heavy atom. The number of nitrogens with zero attached hydrogens (tertiary/aromatic N) is 1. The summed E-state index contributed by atoms with van der Waals surface area (Å²) in [6.07, 6.45) is 1.41. The number of esters is 1. The number of amides is 1. The smallest absolute Gasteiger partial charge is 0.340 e. The SMILES string of the molecule is Cc1ccc(C(=O)OCC(=O)NC(c2ccc(F)cc2)c2cccs2)cn1. The number of thiophene rings is 1. The zero-order valence-electron chi connectivity index (χ0n) is 14.5. The van der Waals surface area contributed by atoms with Crippen molar-refractivity contribution in [3.05, 3.63) is 87.6 Å². The molecule has 0 radical (unpaired) electrons. The summed E-state index contributed by atoms with van der Waals surface area (Å²) in [5.41, 5.74) is 1.80. The molecule has 1 atom stereocenters. The van der Waals surface area contributed by atoms with Crippen molar-refractivity contribution in [1.29, 1.82) is 0 Å². The molecule has 0 spiro atoms. The number of carbonyl (C=O) groups excluding carboxylic acids is 2. The average Bonchev–Trinajstić information content (AvgIpc) is 3.20. The van der Waals surface area contributed by atoms with Crippen molar-refractivity contribution in [3.63, 3.8) is 0 Å². The Bertz CT molecular complexity index is 909. The number of halogens is 1. The van der Waals surface area contributed by atoms with Gasteiger partial charge in [-0.15, -0.1) is 11.3 Å². The van der Waals surface area contributed by atoms with E-state index in [0.717, 1.165) is 16.1 Å². The van der Waals surface area contributed by atoms with E-state index in [-0.39, 0.29) is 11.4 Å². The van der Waals surface area contributed by atoms with Crippen LogP contribution in [-0.2, 0) is 9.53 Å². The first-order chi connectivity index (χ1) is 13.0. The predicted molar refractivity (Wildman–Crippen MR) is 100.0 cm³/mol. The van der Waals surface area contributed by atoms with E-state index in [2.05, 4.69) is 10.3 Å². The molecule has 0 saturated carbocycles. The molecule has 1 N–H and O–H groups in total. The predicted octanol–water partition coefficient (Wildman–Crippen LogP) is 3.65. The van der Waals surface area contributed by atoms with Crippen molar-refractivity contribution in [3.8, 4) is 0 Å². The highest BCUT2D eigenvalue weighted by molar-refractivity contribution is 7.10. The molecule has 7 heteroatoms. The Hall–Kier alpha value is -3.06. The van der Waals surface area contributed by atoms with Gasteiger partial charge in [0.25, 0.3) is 5.91 Å². The highest BCUT2D eigenvalue weighted by Crippen LogP contribution is 2.26. The fourth-order valence-corrected chi connectivity index (χ4v) is 3.24. The summed E-state index contributed by atoms with van der Waals surface area (Å²) in [5.74, 6) is -1.42. The van der Waals surface area contributed by atoms with E-state index in [1.165, 1.54) is 29.7 Å². The fraction of sp³-hybridized carbons (Fsp3) is 0.150. The van der Waals surface area contributed by atoms with Crippen LogP contribution >= 0.6 is 11.3 Å². The maximum Gasteiger partial charge on any atom is 0.340 e. The molecule has 2 heterocycles. The van der Waals surface area contributed by atoms with Crippen molar-refractivity contribution in [2.45, 2.75) is 13.0 Å². The minimum absolute atomic E-state index is 0.279. The second kappa shape index (κ2) is 8.55. The molecule has 3 rings (SSSR count). The largest absolute Gasteiger partial charge is 0.452 e. The monoisotopic (exact) mass is 384 g/mol. The number of benzene rings is 1. The van der Waals surface area contributed by atoms with Gasteiger partial charge in [-0.3, -0.25) is 9.78 Å². The Kier molecular flexibility index (Phi) is 5.93. The second-order valence-corrected chi connectivity index (χ2v) is 6.81. The lowest BCUT2D eigenvalue weighted by molar-refractivity contribution is -0.124. The van der Waals surface area contributed by atoms with E-state index in [4.69, 9.17) is 4.74 Å². The van der Waals surface area contributed by atoms with Crippen molar-refractivity contribution >= 4 is 23.2 Å². The van der Waals surface area contributed by atoms with Crippen LogP contribution < -0.4 is 5.32 Å². The van der Waals surface area contributed by atoms with Gasteiger partial charge in [-0.1, -0.05) is 18.2 Å². The summed E-state index contributed by atoms with van der Waals surface area (Å²) < 4.78 is 18.3. The Morgan fingerprint density at radius 2 is 1.96 bits per heavy atom. The molecule has 27 heavy (non-hydrogen) atoms. The third kappa shape index (κ3) is 4.98. The van der Waals surface area contributed by atoms with Gasteiger partial charge in [0.1, 0.15) is 5.82 Å². The number of hydrogen-bond acceptors (Lipinski definition) is 5. The van der Waals surface area contributed by atoms with Gasteiger partial charge >= 0.3 is 5.97 Å². The molecule has 0 bridgehead atoms. The Morgan fingerprint density at radius 3 is 2.59 bits per heavy atom. The minimum atomic E-state index is -0.618. The molecule has 0 aliphatic rings. The molecule has 1 unspecified atom stereocenters. The number of hydrogen-bond donors (Lipinski definition) is 1. The van der Waals surface area contributed by atoms with Gasteiger partial charge < -0.3 is 10.1 Å². The van der Waals surface area contributed by atoms with Crippen LogP contribution in [0.4, 0.5) is 4.39 Å². The number of nitrogens with one attached hydrogen (secondary N) is 1. The molecule has 1 amide bonds. The van der Waals surface area contributed by atoms with Crippen LogP contribution in [0.1, 0.15) is 32.5 Å². The van der Waals surface area contributed by atoms with Gasteiger partial charge in [-0.2, -0.15) is 0 Å². The molecule has 5 nitrogen and oxygen atoms in total. The summed E-state index contributed by atoms with van der Waals surface area (Å²) in [6.45, 7) is 1.39. The lowest BCUT2D eigenvalue weighted by Gasteiger charge is -2.18. The van der Waals surface area contributed by atoms with Crippen molar-refractivity contribution < 1.29 is 18.7 Å². The molecular weight excluding hydrogens is 367 g/mol. The summed E-state index contributed by atoms with van der Waals surface area (Å²) in [6, 6.07) is 12.5. The number of rotatable bonds is 6. The van der Waals surface area contributed by atoms with E-state index < -0.39 is 24.5 Å². The molecule has 0 aliphatic carbocycles. The zero-order chi connectivity index (χ0) is 19.2. The number of carbonyl (C=O) groups is 2. The van der Waals surface area contributed by atoms with E-state index in [9.17, 15) is 14.0 Å². The van der Waals surface area contributed by atoms with Crippen LogP contribution in [0.25, 0.3) is 0 Å². The minimum Gasteiger partial charge on any atom is -0.452 e. The van der Waals surface area contributed by atoms with Crippen molar-refractivity contribution in [2.75, 3.05) is 6.61 Å². The van der Waals surface area contributed by atoms with Crippen LogP contribution in [0.5, 0.6) is 0 Å². The van der Waals surface area contributed by atoms with Crippen molar-refractivity contribution in [2.24, 2.45) is 0 Å². The molecule has 138 valence electrons. The molecule has 0 saturated heterocycles. The second-order valence-electron chi connectivity index (χ2n) is 5.83. The average molecular weight is 384 g/mol. The van der Waals surface area contributed by atoms with E-state index in [1.54, 1.807) is 24.3 Å². The lowest BCUT2D eigenvalue weighted by Crippen LogP contribution is -2.32. The number of pyridine rings is 1. The third-order valence-corrected chi connectivity index (χ3v) is 4.75. The number of aryl methyl sites for hydroxylation is 1. The van der Waals surface area contributed by atoms with E-state index in [0.29, 0.717) is 0 Å². The summed E-state index contributed by atoms with van der Waals surface area (Å²) in [5, 5.41) is 4.72. The zero-order valence-corrected chi connectivity index (χ0v) is 15.3. The van der Waals surface area contributed by atoms with Gasteiger partial charge in [0.15, 0.2) is 6.61 Å². The van der Waals surface area contributed by atoms with E-state index >= 15 is 0 Å². The number of ether oxygens (including phenoxy) is 1. The quantitative estimate of drug-likeness (QED) is 0.659. The maximum absolute atomic E-state index is 13.2. The lowest BCUT2D eigenvalue weighted by atomic mass is 10.1. The van der Waals surface area contributed by atoms with Gasteiger partial charge in [-0.05, 0) is 48.2 Å². The van der Waals surface area contributed by atoms with Crippen LogP contribution in [0.15, 0.2) is 60.1 Å². The van der Waals surface area contributed by atoms with Gasteiger partial charge in [-0.25, -0.2) is 9.18 Å². The molecule has 0 aliphatic heterocycles. The van der Waals surface area contributed by atoms with Crippen LogP contribution in [0.2, 0.25) is 0 Å². The van der Waals surface area contributed by atoms with Crippen LogP contribution in [0.3, 0.4) is 0 Å². The fourth-order valence-electron chi connectivity index (χ4n) is 2.44. The standard InChI is InChI=1S/C20H17FN2O3S/c1-13-4-5-15(11-22-13)20(25)26-12-18(24)23-19(17-3-2-10-27-17)14-6-8-16(21)9-7-14/h2-11,19H,12H2,1H3,(H,23,24). The summed E-state index contributed by atoms with van der Waals surface area (Å²) in [7, 11) is 0. The van der Waals surface area contributed by atoms with Gasteiger partial charge in [0, 0.05) is 16.8 Å². The maximum atomic E-state index is 13.2. The summed E-state index contributed by atoms with van der Waals surface area (Å²) >= 11 is 1.47. The van der Waals surface area contributed by atoms with Gasteiger partial charge in [0.2, 0.25) is 0 Å².